The van der Waals surface area contributed by atoms with E-state index in [2.05, 4.69) is 39.3 Å². The van der Waals surface area contributed by atoms with Crippen molar-refractivity contribution in [1.82, 2.24) is 0 Å². The van der Waals surface area contributed by atoms with Crippen LogP contribution in [-0.4, -0.2) is 20.0 Å². The first-order valence-corrected chi connectivity index (χ1v) is 14.8. The Bertz CT molecular complexity index is 169. The maximum atomic E-state index is 6.71. The predicted octanol–water partition coefficient (Wildman–Crippen LogP) is 5.47. The summed E-state index contributed by atoms with van der Waals surface area (Å²) in [5.41, 5.74) is 0. The molecule has 13 heavy (non-hydrogen) atoms. The topological polar surface area (TPSA) is 0 Å². The Balaban J connectivity index is 5.22. The standard InChI is InChI=1S/C7H18Cl3PSi2/c1-12(2,3)7(8,11(9)10)13(4,5)6/h1-6H3. The summed E-state index contributed by atoms with van der Waals surface area (Å²) in [6, 6.07) is 0. The molecule has 0 heterocycles. The molecule has 6 heteroatoms. The van der Waals surface area contributed by atoms with Crippen molar-refractivity contribution in [2.75, 3.05) is 0 Å². The third-order valence-corrected chi connectivity index (χ3v) is 24.2. The van der Waals surface area contributed by atoms with Gasteiger partial charge in [0.05, 0.1) is 20.0 Å². The molecule has 0 aliphatic rings. The molecule has 0 saturated carbocycles. The molecule has 80 valence electrons. The predicted molar refractivity (Wildman–Crippen MR) is 73.9 cm³/mol. The van der Waals surface area contributed by atoms with Gasteiger partial charge >= 0.3 is 0 Å². The molecule has 0 radical (unpaired) electrons. The van der Waals surface area contributed by atoms with E-state index in [4.69, 9.17) is 34.1 Å². The van der Waals surface area contributed by atoms with E-state index < -0.39 is 22.8 Å². The fourth-order valence-electron chi connectivity index (χ4n) is 1.63. The van der Waals surface area contributed by atoms with Gasteiger partial charge in [-0.3, -0.25) is 0 Å². The van der Waals surface area contributed by atoms with Crippen LogP contribution in [0.3, 0.4) is 0 Å². The second-order valence-electron chi connectivity index (χ2n) is 5.36. The first-order chi connectivity index (χ1) is 5.44. The molecule has 0 aliphatic carbocycles. The van der Waals surface area contributed by atoms with Crippen molar-refractivity contribution in [3.8, 4) is 0 Å². The van der Waals surface area contributed by atoms with E-state index in [1.807, 2.05) is 0 Å². The molecule has 0 unspecified atom stereocenters. The van der Waals surface area contributed by atoms with Crippen LogP contribution in [0.4, 0.5) is 0 Å². The number of hydrogen-bond donors (Lipinski definition) is 0. The average Bonchev–Trinajstić information content (AvgIpc) is 1.80. The lowest BCUT2D eigenvalue weighted by molar-refractivity contribution is 1.37. The average molecular weight is 296 g/mol. The fraction of sp³-hybridized carbons (Fsp3) is 1.00. The lowest BCUT2D eigenvalue weighted by Crippen LogP contribution is -2.60. The van der Waals surface area contributed by atoms with Crippen LogP contribution in [0.15, 0.2) is 0 Å². The molecular weight excluding hydrogens is 278 g/mol. The SMILES string of the molecule is C[Si](C)(C)C(Cl)(P(Cl)Cl)[Si](C)(C)C. The maximum Gasteiger partial charge on any atom is 0.101 e. The Hall–Kier alpha value is 1.73. The van der Waals surface area contributed by atoms with Crippen molar-refractivity contribution in [3.05, 3.63) is 0 Å². The van der Waals surface area contributed by atoms with E-state index in [1.165, 1.54) is 0 Å². The van der Waals surface area contributed by atoms with Crippen molar-refractivity contribution >= 4 is 56.9 Å². The van der Waals surface area contributed by atoms with Gasteiger partial charge in [0.25, 0.3) is 0 Å². The molecule has 0 saturated heterocycles. The largest absolute Gasteiger partial charge is 0.119 e. The van der Waals surface area contributed by atoms with E-state index in [9.17, 15) is 0 Å². The van der Waals surface area contributed by atoms with Crippen molar-refractivity contribution in [2.24, 2.45) is 0 Å². The lowest BCUT2D eigenvalue weighted by atomic mass is 11.7. The minimum atomic E-state index is -1.52. The summed E-state index contributed by atoms with van der Waals surface area (Å²) in [6.45, 7) is 12.4. The van der Waals surface area contributed by atoms with Crippen molar-refractivity contribution < 1.29 is 0 Å². The van der Waals surface area contributed by atoms with Crippen LogP contribution >= 0.6 is 40.7 Å². The lowest BCUT2D eigenvalue weighted by Gasteiger charge is -2.47. The van der Waals surface area contributed by atoms with Crippen LogP contribution in [0.25, 0.3) is 0 Å². The minimum absolute atomic E-state index is 0.279. The highest BCUT2D eigenvalue weighted by molar-refractivity contribution is 8.08. The zero-order chi connectivity index (χ0) is 11.1. The smallest absolute Gasteiger partial charge is 0.101 e. The van der Waals surface area contributed by atoms with Gasteiger partial charge in [-0.05, 0) is 0 Å². The van der Waals surface area contributed by atoms with Crippen LogP contribution < -0.4 is 0 Å². The highest BCUT2D eigenvalue weighted by atomic mass is 35.9. The van der Waals surface area contributed by atoms with Gasteiger partial charge in [-0.15, -0.1) is 11.6 Å². The molecule has 0 amide bonds. The third-order valence-electron chi connectivity index (χ3n) is 2.22. The van der Waals surface area contributed by atoms with E-state index in [1.54, 1.807) is 0 Å². The Morgan fingerprint density at radius 3 is 1.08 bits per heavy atom. The number of halogens is 3. The summed E-state index contributed by atoms with van der Waals surface area (Å²) in [6.07, 6.45) is 0. The zero-order valence-corrected chi connectivity index (χ0v) is 14.2. The molecule has 0 spiro atoms. The monoisotopic (exact) mass is 294 g/mol. The van der Waals surface area contributed by atoms with Gasteiger partial charge in [-0.25, -0.2) is 0 Å². The Kier molecular flexibility index (Phi) is 4.88. The first kappa shape index (κ1) is 14.7. The summed E-state index contributed by atoms with van der Waals surface area (Å²) in [4.78, 5) is 0. The Labute approximate surface area is 99.7 Å². The van der Waals surface area contributed by atoms with E-state index in [-0.39, 0.29) is 3.86 Å². The molecule has 0 aromatic heterocycles. The second kappa shape index (κ2) is 4.31. The van der Waals surface area contributed by atoms with E-state index in [0.29, 0.717) is 0 Å². The highest BCUT2D eigenvalue weighted by Gasteiger charge is 2.55. The molecule has 0 rings (SSSR count). The fourth-order valence-corrected chi connectivity index (χ4v) is 23.8. The first-order valence-electron chi connectivity index (χ1n) is 4.25. The van der Waals surface area contributed by atoms with Gasteiger partial charge in [-0.1, -0.05) is 61.8 Å². The van der Waals surface area contributed by atoms with Gasteiger partial charge in [-0.2, -0.15) is 0 Å². The maximum absolute atomic E-state index is 6.71. The zero-order valence-electron chi connectivity index (χ0n) is 9.08. The van der Waals surface area contributed by atoms with Gasteiger partial charge in [0.2, 0.25) is 0 Å². The van der Waals surface area contributed by atoms with Gasteiger partial charge in [0.1, 0.15) is 6.63 Å². The molecule has 0 aliphatic heterocycles. The van der Waals surface area contributed by atoms with Crippen LogP contribution in [0.2, 0.25) is 39.3 Å². The Morgan fingerprint density at radius 2 is 1.08 bits per heavy atom. The van der Waals surface area contributed by atoms with Crippen molar-refractivity contribution in [1.29, 1.82) is 0 Å². The third kappa shape index (κ3) is 2.86. The van der Waals surface area contributed by atoms with Crippen LogP contribution in [0.5, 0.6) is 0 Å². The summed E-state index contributed by atoms with van der Waals surface area (Å²) in [5.74, 6) is 0. The molecule has 0 atom stereocenters. The highest BCUT2D eigenvalue weighted by Crippen LogP contribution is 2.67. The van der Waals surface area contributed by atoms with Crippen molar-refractivity contribution in [3.63, 3.8) is 0 Å². The number of rotatable bonds is 3. The molecule has 0 nitrogen and oxygen atoms in total. The van der Waals surface area contributed by atoms with Crippen LogP contribution in [0.1, 0.15) is 0 Å². The molecule has 0 fully saturated rings. The number of alkyl halides is 1. The minimum Gasteiger partial charge on any atom is -0.119 e. The van der Waals surface area contributed by atoms with E-state index in [0.717, 1.165) is 0 Å². The normalized spacial score (nSPS) is 15.2. The molecule has 0 aromatic rings. The van der Waals surface area contributed by atoms with Gasteiger partial charge in [0, 0.05) is 0 Å². The summed E-state index contributed by atoms with van der Waals surface area (Å²) >= 11 is 19.0. The molecule has 0 N–H and O–H groups in total. The van der Waals surface area contributed by atoms with Gasteiger partial charge < -0.3 is 0 Å². The Morgan fingerprint density at radius 1 is 0.846 bits per heavy atom. The molecule has 0 aromatic carbocycles. The summed E-state index contributed by atoms with van der Waals surface area (Å²) in [5, 5.41) is 0. The summed E-state index contributed by atoms with van der Waals surface area (Å²) < 4.78 is -0.279. The van der Waals surface area contributed by atoms with Crippen LogP contribution in [0, 0.1) is 0 Å². The molecular formula is C7H18Cl3PSi2. The van der Waals surface area contributed by atoms with E-state index >= 15 is 0 Å². The van der Waals surface area contributed by atoms with Crippen LogP contribution in [-0.2, 0) is 0 Å². The number of hydrogen-bond acceptors (Lipinski definition) is 0. The van der Waals surface area contributed by atoms with Gasteiger partial charge in [0.15, 0.2) is 0 Å². The van der Waals surface area contributed by atoms with Crippen molar-refractivity contribution in [2.45, 2.75) is 43.1 Å². The molecule has 0 bridgehead atoms. The quantitative estimate of drug-likeness (QED) is 0.368. The second-order valence-corrected chi connectivity index (χ2v) is 22.3. The summed E-state index contributed by atoms with van der Waals surface area (Å²) in [7, 11) is -3.03.